The molecule has 2 aromatic rings. The minimum Gasteiger partial charge on any atom is -0.387 e. The van der Waals surface area contributed by atoms with Crippen molar-refractivity contribution < 1.29 is 18.3 Å². The first kappa shape index (κ1) is 12.6. The van der Waals surface area contributed by atoms with Gasteiger partial charge in [-0.1, -0.05) is 0 Å². The van der Waals surface area contributed by atoms with Gasteiger partial charge in [0.2, 0.25) is 0 Å². The third kappa shape index (κ3) is 2.51. The highest BCUT2D eigenvalue weighted by Gasteiger charge is 2.33. The zero-order valence-electron chi connectivity index (χ0n) is 9.39. The summed E-state index contributed by atoms with van der Waals surface area (Å²) in [5.74, 6) is 0. The van der Waals surface area contributed by atoms with Gasteiger partial charge in [0.25, 0.3) is 0 Å². The van der Waals surface area contributed by atoms with Crippen molar-refractivity contribution in [2.45, 2.75) is 19.2 Å². The van der Waals surface area contributed by atoms with Crippen LogP contribution in [0.15, 0.2) is 30.6 Å². The van der Waals surface area contributed by atoms with Gasteiger partial charge < -0.3 is 5.11 Å². The Morgan fingerprint density at radius 2 is 2.00 bits per heavy atom. The van der Waals surface area contributed by atoms with E-state index in [0.717, 1.165) is 10.7 Å². The van der Waals surface area contributed by atoms with Crippen LogP contribution in [0.5, 0.6) is 0 Å². The van der Waals surface area contributed by atoms with Gasteiger partial charge in [0.05, 0.1) is 23.7 Å². The summed E-state index contributed by atoms with van der Waals surface area (Å²) in [7, 11) is 0. The SMILES string of the molecule is C[C@H](O)c1ccc(-n2ccc(C(F)(F)F)n2)cn1. The monoisotopic (exact) mass is 257 g/mol. The molecule has 0 aliphatic rings. The minimum atomic E-state index is -4.46. The highest BCUT2D eigenvalue weighted by molar-refractivity contribution is 5.29. The van der Waals surface area contributed by atoms with Gasteiger partial charge >= 0.3 is 6.18 Å². The average molecular weight is 257 g/mol. The number of pyridine rings is 1. The molecule has 0 bridgehead atoms. The normalized spacial score (nSPS) is 13.6. The van der Waals surface area contributed by atoms with Crippen LogP contribution in [0.2, 0.25) is 0 Å². The van der Waals surface area contributed by atoms with E-state index in [2.05, 4.69) is 10.1 Å². The van der Waals surface area contributed by atoms with Crippen LogP contribution in [0, 0.1) is 0 Å². The Bertz CT molecular complexity index is 531. The number of alkyl halides is 3. The van der Waals surface area contributed by atoms with Crippen molar-refractivity contribution in [3.8, 4) is 5.69 Å². The molecule has 0 fully saturated rings. The van der Waals surface area contributed by atoms with Crippen molar-refractivity contribution in [1.82, 2.24) is 14.8 Å². The lowest BCUT2D eigenvalue weighted by Crippen LogP contribution is -2.07. The van der Waals surface area contributed by atoms with E-state index in [0.29, 0.717) is 11.4 Å². The summed E-state index contributed by atoms with van der Waals surface area (Å²) in [6, 6.07) is 3.97. The highest BCUT2D eigenvalue weighted by Crippen LogP contribution is 2.27. The fourth-order valence-corrected chi connectivity index (χ4v) is 1.40. The molecule has 0 aliphatic carbocycles. The van der Waals surface area contributed by atoms with E-state index < -0.39 is 18.0 Å². The summed E-state index contributed by atoms with van der Waals surface area (Å²) < 4.78 is 38.2. The number of hydrogen-bond donors (Lipinski definition) is 1. The first-order valence-corrected chi connectivity index (χ1v) is 5.15. The molecule has 0 spiro atoms. The zero-order valence-corrected chi connectivity index (χ0v) is 9.39. The molecule has 96 valence electrons. The van der Waals surface area contributed by atoms with E-state index in [1.807, 2.05) is 0 Å². The number of aliphatic hydroxyl groups excluding tert-OH is 1. The molecule has 4 nitrogen and oxygen atoms in total. The average Bonchev–Trinajstić information content (AvgIpc) is 2.78. The predicted molar refractivity (Wildman–Crippen MR) is 57.0 cm³/mol. The lowest BCUT2D eigenvalue weighted by Gasteiger charge is -2.05. The van der Waals surface area contributed by atoms with Gasteiger partial charge in [-0.2, -0.15) is 18.3 Å². The topological polar surface area (TPSA) is 50.9 Å². The molecule has 2 aromatic heterocycles. The summed E-state index contributed by atoms with van der Waals surface area (Å²) in [6.45, 7) is 1.55. The Hall–Kier alpha value is -1.89. The van der Waals surface area contributed by atoms with Crippen molar-refractivity contribution in [2.75, 3.05) is 0 Å². The Labute approximate surface area is 101 Å². The smallest absolute Gasteiger partial charge is 0.387 e. The maximum absolute atomic E-state index is 12.4. The summed E-state index contributed by atoms with van der Waals surface area (Å²) in [5.41, 5.74) is -0.112. The van der Waals surface area contributed by atoms with E-state index >= 15 is 0 Å². The first-order valence-electron chi connectivity index (χ1n) is 5.15. The molecule has 0 amide bonds. The minimum absolute atomic E-state index is 0.398. The number of rotatable bonds is 2. The molecule has 0 saturated carbocycles. The summed E-state index contributed by atoms with van der Waals surface area (Å²) in [6.07, 6.45) is -2.61. The molecule has 1 atom stereocenters. The van der Waals surface area contributed by atoms with Crippen molar-refractivity contribution >= 4 is 0 Å². The fraction of sp³-hybridized carbons (Fsp3) is 0.273. The van der Waals surface area contributed by atoms with Gasteiger partial charge in [0.15, 0.2) is 5.69 Å². The number of aromatic nitrogens is 3. The van der Waals surface area contributed by atoms with Crippen molar-refractivity contribution in [3.05, 3.63) is 42.0 Å². The lowest BCUT2D eigenvalue weighted by atomic mass is 10.2. The molecule has 0 unspecified atom stereocenters. The first-order chi connectivity index (χ1) is 8.38. The van der Waals surface area contributed by atoms with E-state index in [1.165, 1.54) is 18.5 Å². The van der Waals surface area contributed by atoms with Crippen LogP contribution in [0.25, 0.3) is 5.69 Å². The molecule has 0 radical (unpaired) electrons. The van der Waals surface area contributed by atoms with Gasteiger partial charge in [0.1, 0.15) is 0 Å². The molecule has 1 N–H and O–H groups in total. The summed E-state index contributed by atoms with van der Waals surface area (Å²) in [4.78, 5) is 3.93. The molecule has 0 saturated heterocycles. The Morgan fingerprint density at radius 1 is 1.28 bits per heavy atom. The van der Waals surface area contributed by atoms with Gasteiger partial charge in [-0.3, -0.25) is 4.98 Å². The highest BCUT2D eigenvalue weighted by atomic mass is 19.4. The second-order valence-electron chi connectivity index (χ2n) is 3.76. The Balaban J connectivity index is 2.29. The number of aliphatic hydroxyl groups is 1. The lowest BCUT2D eigenvalue weighted by molar-refractivity contribution is -0.141. The summed E-state index contributed by atoms with van der Waals surface area (Å²) >= 11 is 0. The van der Waals surface area contributed by atoms with Gasteiger partial charge in [-0.25, -0.2) is 4.68 Å². The van der Waals surface area contributed by atoms with Crippen LogP contribution in [-0.4, -0.2) is 19.9 Å². The van der Waals surface area contributed by atoms with Gasteiger partial charge in [-0.15, -0.1) is 0 Å². The van der Waals surface area contributed by atoms with Gasteiger partial charge in [0, 0.05) is 6.20 Å². The molecule has 0 aliphatic heterocycles. The standard InChI is InChI=1S/C11H10F3N3O/c1-7(18)9-3-2-8(6-15-9)17-5-4-10(16-17)11(12,13)14/h2-7,18H,1H3/t7-/m0/s1. The zero-order chi connectivity index (χ0) is 13.3. The van der Waals surface area contributed by atoms with E-state index in [4.69, 9.17) is 0 Å². The van der Waals surface area contributed by atoms with E-state index in [1.54, 1.807) is 13.0 Å². The largest absolute Gasteiger partial charge is 0.435 e. The third-order valence-electron chi connectivity index (χ3n) is 2.34. The quantitative estimate of drug-likeness (QED) is 0.898. The Morgan fingerprint density at radius 3 is 2.44 bits per heavy atom. The summed E-state index contributed by atoms with van der Waals surface area (Å²) in [5, 5.41) is 12.7. The van der Waals surface area contributed by atoms with Crippen molar-refractivity contribution in [3.63, 3.8) is 0 Å². The fourth-order valence-electron chi connectivity index (χ4n) is 1.40. The molecule has 2 heterocycles. The molecular formula is C11H10F3N3O. The second-order valence-corrected chi connectivity index (χ2v) is 3.76. The maximum Gasteiger partial charge on any atom is 0.435 e. The molecule has 18 heavy (non-hydrogen) atoms. The van der Waals surface area contributed by atoms with E-state index in [-0.39, 0.29) is 0 Å². The van der Waals surface area contributed by atoms with Crippen molar-refractivity contribution in [1.29, 1.82) is 0 Å². The molecule has 7 heteroatoms. The maximum atomic E-state index is 12.4. The second kappa shape index (κ2) is 4.41. The predicted octanol–water partition coefficient (Wildman–Crippen LogP) is 2.34. The van der Waals surface area contributed by atoms with Crippen LogP contribution in [0.4, 0.5) is 13.2 Å². The molecule has 0 aromatic carbocycles. The van der Waals surface area contributed by atoms with Crippen LogP contribution in [-0.2, 0) is 6.18 Å². The molecule has 2 rings (SSSR count). The third-order valence-corrected chi connectivity index (χ3v) is 2.34. The van der Waals surface area contributed by atoms with Gasteiger partial charge in [-0.05, 0) is 25.1 Å². The number of halogens is 3. The van der Waals surface area contributed by atoms with Crippen molar-refractivity contribution in [2.24, 2.45) is 0 Å². The molecular weight excluding hydrogens is 247 g/mol. The van der Waals surface area contributed by atoms with Crippen LogP contribution in [0.3, 0.4) is 0 Å². The number of hydrogen-bond acceptors (Lipinski definition) is 3. The van der Waals surface area contributed by atoms with Crippen LogP contribution < -0.4 is 0 Å². The van der Waals surface area contributed by atoms with Crippen LogP contribution >= 0.6 is 0 Å². The van der Waals surface area contributed by atoms with Crippen LogP contribution in [0.1, 0.15) is 24.4 Å². The Kier molecular flexibility index (Phi) is 3.08. The number of nitrogens with zero attached hydrogens (tertiary/aromatic N) is 3. The van der Waals surface area contributed by atoms with E-state index in [9.17, 15) is 18.3 Å².